The van der Waals surface area contributed by atoms with E-state index in [-0.39, 0.29) is 0 Å². The molecule has 2 fully saturated rings. The summed E-state index contributed by atoms with van der Waals surface area (Å²) in [4.78, 5) is 16.1. The molecule has 1 aromatic heterocycles. The number of piperidine rings is 1. The van der Waals surface area contributed by atoms with Crippen molar-refractivity contribution in [2.45, 2.75) is 50.7 Å². The van der Waals surface area contributed by atoms with Crippen LogP contribution in [0.4, 0.5) is 0 Å². The zero-order valence-electron chi connectivity index (χ0n) is 12.2. The highest BCUT2D eigenvalue weighted by molar-refractivity contribution is 7.12. The topological polar surface area (TPSA) is 60.8 Å². The minimum Gasteiger partial charge on any atom is -0.481 e. The second kappa shape index (κ2) is 6.46. The van der Waals surface area contributed by atoms with Crippen molar-refractivity contribution in [3.8, 4) is 0 Å². The van der Waals surface area contributed by atoms with Crippen LogP contribution in [0.5, 0.6) is 0 Å². The molecule has 2 heterocycles. The predicted octanol–water partition coefficient (Wildman–Crippen LogP) is 2.67. The molecule has 0 unspecified atom stereocenters. The van der Waals surface area contributed by atoms with Crippen molar-refractivity contribution in [1.82, 2.24) is 4.90 Å². The lowest BCUT2D eigenvalue weighted by Gasteiger charge is -2.33. The largest absolute Gasteiger partial charge is 0.481 e. The summed E-state index contributed by atoms with van der Waals surface area (Å²) in [6, 6.07) is 4.45. The number of aliphatic carboxylic acids is 1. The molecular formula is C16H23NO3S. The number of likely N-dealkylation sites (tertiary alicyclic amines) is 1. The van der Waals surface area contributed by atoms with Crippen molar-refractivity contribution in [2.75, 3.05) is 13.1 Å². The smallest absolute Gasteiger partial charge is 0.310 e. The Hall–Kier alpha value is -0.910. The molecule has 3 rings (SSSR count). The Morgan fingerprint density at radius 2 is 2.05 bits per heavy atom. The van der Waals surface area contributed by atoms with Crippen LogP contribution in [0, 0.1) is 5.92 Å². The SMILES string of the molecule is O=C(O)[C@@H]1CN(Cc2ccc(C3CCCC3)s2)CC[C@@H]1O. The summed E-state index contributed by atoms with van der Waals surface area (Å²) in [5.41, 5.74) is 0. The van der Waals surface area contributed by atoms with Crippen molar-refractivity contribution in [2.24, 2.45) is 5.92 Å². The van der Waals surface area contributed by atoms with E-state index in [1.54, 1.807) is 0 Å². The zero-order valence-corrected chi connectivity index (χ0v) is 13.0. The molecule has 1 aliphatic heterocycles. The van der Waals surface area contributed by atoms with Gasteiger partial charge in [-0.25, -0.2) is 0 Å². The van der Waals surface area contributed by atoms with Gasteiger partial charge in [0.15, 0.2) is 0 Å². The fourth-order valence-electron chi connectivity index (χ4n) is 3.52. The van der Waals surface area contributed by atoms with E-state index in [0.717, 1.165) is 19.0 Å². The fraction of sp³-hybridized carbons (Fsp3) is 0.688. The van der Waals surface area contributed by atoms with E-state index in [9.17, 15) is 9.90 Å². The Morgan fingerprint density at radius 3 is 2.76 bits per heavy atom. The van der Waals surface area contributed by atoms with Crippen molar-refractivity contribution in [1.29, 1.82) is 0 Å². The number of nitrogens with zero attached hydrogens (tertiary/aromatic N) is 1. The highest BCUT2D eigenvalue weighted by Crippen LogP contribution is 2.38. The summed E-state index contributed by atoms with van der Waals surface area (Å²) < 4.78 is 0. The van der Waals surface area contributed by atoms with Crippen LogP contribution in [-0.4, -0.2) is 40.3 Å². The summed E-state index contributed by atoms with van der Waals surface area (Å²) in [5.74, 6) is -0.781. The van der Waals surface area contributed by atoms with E-state index < -0.39 is 18.0 Å². The minimum absolute atomic E-state index is 0.452. The van der Waals surface area contributed by atoms with Gasteiger partial charge in [0.1, 0.15) is 0 Å². The summed E-state index contributed by atoms with van der Waals surface area (Å²) >= 11 is 1.88. The number of carboxylic acids is 1. The first-order valence-corrected chi connectivity index (χ1v) is 8.67. The maximum atomic E-state index is 11.2. The Kier molecular flexibility index (Phi) is 4.62. The van der Waals surface area contributed by atoms with Crippen molar-refractivity contribution in [3.05, 3.63) is 21.9 Å². The van der Waals surface area contributed by atoms with Gasteiger partial charge in [-0.1, -0.05) is 12.8 Å². The molecule has 1 saturated heterocycles. The molecular weight excluding hydrogens is 286 g/mol. The molecule has 21 heavy (non-hydrogen) atoms. The van der Waals surface area contributed by atoms with Crippen LogP contribution < -0.4 is 0 Å². The molecule has 0 radical (unpaired) electrons. The number of aliphatic hydroxyl groups is 1. The first-order chi connectivity index (χ1) is 10.1. The van der Waals surface area contributed by atoms with Crippen LogP contribution in [0.25, 0.3) is 0 Å². The van der Waals surface area contributed by atoms with Gasteiger partial charge in [0.05, 0.1) is 12.0 Å². The highest BCUT2D eigenvalue weighted by Gasteiger charge is 2.33. The number of carboxylic acid groups (broad SMARTS) is 1. The van der Waals surface area contributed by atoms with Gasteiger partial charge < -0.3 is 10.2 Å². The fourth-order valence-corrected chi connectivity index (χ4v) is 4.75. The number of aliphatic hydroxyl groups excluding tert-OH is 1. The normalized spacial score (nSPS) is 28.0. The van der Waals surface area contributed by atoms with Gasteiger partial charge in [-0.3, -0.25) is 9.69 Å². The van der Waals surface area contributed by atoms with Crippen molar-refractivity contribution >= 4 is 17.3 Å². The monoisotopic (exact) mass is 309 g/mol. The molecule has 2 aliphatic rings. The van der Waals surface area contributed by atoms with E-state index in [1.807, 2.05) is 11.3 Å². The molecule has 2 atom stereocenters. The second-order valence-electron chi connectivity index (χ2n) is 6.32. The third-order valence-electron chi connectivity index (χ3n) is 4.80. The van der Waals surface area contributed by atoms with Gasteiger partial charge in [0.25, 0.3) is 0 Å². The van der Waals surface area contributed by atoms with E-state index in [1.165, 1.54) is 35.4 Å². The zero-order chi connectivity index (χ0) is 14.8. The van der Waals surface area contributed by atoms with Crippen LogP contribution in [-0.2, 0) is 11.3 Å². The van der Waals surface area contributed by atoms with Gasteiger partial charge in [-0.15, -0.1) is 11.3 Å². The Labute approximate surface area is 129 Å². The van der Waals surface area contributed by atoms with Crippen LogP contribution >= 0.6 is 11.3 Å². The molecule has 4 nitrogen and oxygen atoms in total. The summed E-state index contributed by atoms with van der Waals surface area (Å²) in [7, 11) is 0. The average molecular weight is 309 g/mol. The Morgan fingerprint density at radius 1 is 1.29 bits per heavy atom. The molecule has 0 aromatic carbocycles. The van der Waals surface area contributed by atoms with Gasteiger partial charge in [-0.05, 0) is 37.3 Å². The van der Waals surface area contributed by atoms with E-state index in [4.69, 9.17) is 5.11 Å². The molecule has 2 N–H and O–H groups in total. The second-order valence-corrected chi connectivity index (χ2v) is 7.52. The van der Waals surface area contributed by atoms with Crippen molar-refractivity contribution in [3.63, 3.8) is 0 Å². The Bertz CT molecular complexity index is 495. The van der Waals surface area contributed by atoms with Gasteiger partial charge >= 0.3 is 5.97 Å². The minimum atomic E-state index is -0.884. The Balaban J connectivity index is 1.60. The molecule has 0 bridgehead atoms. The molecule has 5 heteroatoms. The van der Waals surface area contributed by atoms with Crippen LogP contribution in [0.1, 0.15) is 47.8 Å². The van der Waals surface area contributed by atoms with Crippen LogP contribution in [0.3, 0.4) is 0 Å². The van der Waals surface area contributed by atoms with Gasteiger partial charge in [0, 0.05) is 29.4 Å². The van der Waals surface area contributed by atoms with E-state index >= 15 is 0 Å². The lowest BCUT2D eigenvalue weighted by molar-refractivity contribution is -0.149. The number of hydrogen-bond acceptors (Lipinski definition) is 4. The first-order valence-electron chi connectivity index (χ1n) is 7.85. The summed E-state index contributed by atoms with van der Waals surface area (Å²) in [6.45, 7) is 2.04. The van der Waals surface area contributed by atoms with Crippen LogP contribution in [0.2, 0.25) is 0 Å². The molecule has 1 saturated carbocycles. The maximum absolute atomic E-state index is 11.2. The van der Waals surface area contributed by atoms with Crippen molar-refractivity contribution < 1.29 is 15.0 Å². The summed E-state index contributed by atoms with van der Waals surface area (Å²) in [5, 5.41) is 18.9. The molecule has 1 aliphatic carbocycles. The maximum Gasteiger partial charge on any atom is 0.310 e. The number of carbonyl (C=O) groups is 1. The van der Waals surface area contributed by atoms with Gasteiger partial charge in [0.2, 0.25) is 0 Å². The van der Waals surface area contributed by atoms with E-state index in [0.29, 0.717) is 13.0 Å². The summed E-state index contributed by atoms with van der Waals surface area (Å²) in [6.07, 6.45) is 5.19. The number of thiophene rings is 1. The number of hydrogen-bond donors (Lipinski definition) is 2. The standard InChI is InChI=1S/C16H23NO3S/c18-14-7-8-17(10-13(14)16(19)20)9-12-5-6-15(21-12)11-3-1-2-4-11/h5-6,11,13-14,18H,1-4,7-10H2,(H,19,20)/t13-,14+/m1/s1. The lowest BCUT2D eigenvalue weighted by atomic mass is 9.95. The quantitative estimate of drug-likeness (QED) is 0.897. The first kappa shape index (κ1) is 15.0. The van der Waals surface area contributed by atoms with E-state index in [2.05, 4.69) is 17.0 Å². The molecule has 1 aromatic rings. The third kappa shape index (κ3) is 3.47. The van der Waals surface area contributed by atoms with Gasteiger partial charge in [-0.2, -0.15) is 0 Å². The number of rotatable bonds is 4. The molecule has 0 spiro atoms. The highest BCUT2D eigenvalue weighted by atomic mass is 32.1. The third-order valence-corrected chi connectivity index (χ3v) is 6.03. The predicted molar refractivity (Wildman–Crippen MR) is 82.6 cm³/mol. The molecule has 0 amide bonds. The lowest BCUT2D eigenvalue weighted by Crippen LogP contribution is -2.46. The average Bonchev–Trinajstić information content (AvgIpc) is 3.11. The van der Waals surface area contributed by atoms with Crippen LogP contribution in [0.15, 0.2) is 12.1 Å². The molecule has 116 valence electrons.